The molecule has 7 heteroatoms. The van der Waals surface area contributed by atoms with E-state index in [4.69, 9.17) is 21.3 Å². The Balaban J connectivity index is 1.38. The largest absolute Gasteiger partial charge is 0.494 e. The second-order valence-electron chi connectivity index (χ2n) is 8.26. The van der Waals surface area contributed by atoms with Gasteiger partial charge in [0.1, 0.15) is 11.6 Å². The maximum absolute atomic E-state index is 12.5. The number of fused-ring (bicyclic) bond motifs is 1. The highest BCUT2D eigenvalue weighted by Gasteiger charge is 2.12. The van der Waals surface area contributed by atoms with Gasteiger partial charge in [0.15, 0.2) is 0 Å². The third-order valence-corrected chi connectivity index (χ3v) is 6.75. The van der Waals surface area contributed by atoms with E-state index >= 15 is 0 Å². The average Bonchev–Trinajstić information content (AvgIpc) is 3.17. The zero-order valence-corrected chi connectivity index (χ0v) is 21.6. The normalized spacial score (nSPS) is 11.1. The van der Waals surface area contributed by atoms with Crippen LogP contribution in [0.15, 0.2) is 65.1 Å². The van der Waals surface area contributed by atoms with Crippen LogP contribution in [0.25, 0.3) is 11.0 Å². The van der Waals surface area contributed by atoms with Crippen LogP contribution in [0.4, 0.5) is 0 Å². The molecule has 3 aromatic carbocycles. The topological polar surface area (TPSA) is 56.1 Å². The lowest BCUT2D eigenvalue weighted by atomic mass is 10.1. The summed E-state index contributed by atoms with van der Waals surface area (Å²) in [7, 11) is 0. The number of nitrogens with one attached hydrogen (secondary N) is 1. The second-order valence-corrected chi connectivity index (χ2v) is 9.55. The van der Waals surface area contributed by atoms with Crippen molar-refractivity contribution in [2.75, 3.05) is 13.2 Å². The Hall–Kier alpha value is -2.83. The van der Waals surface area contributed by atoms with Gasteiger partial charge in [0.2, 0.25) is 0 Å². The maximum Gasteiger partial charge on any atom is 0.251 e. The molecule has 1 aromatic heterocycles. The number of amides is 1. The van der Waals surface area contributed by atoms with Gasteiger partial charge in [-0.15, -0.1) is 0 Å². The van der Waals surface area contributed by atoms with E-state index in [2.05, 4.69) is 31.9 Å². The van der Waals surface area contributed by atoms with Crippen LogP contribution >= 0.6 is 27.5 Å². The van der Waals surface area contributed by atoms with E-state index in [9.17, 15) is 4.79 Å². The summed E-state index contributed by atoms with van der Waals surface area (Å²) in [5, 5.41) is 3.79. The summed E-state index contributed by atoms with van der Waals surface area (Å²) in [5.41, 5.74) is 4.72. The van der Waals surface area contributed by atoms with Crippen LogP contribution < -0.4 is 10.1 Å². The average molecular weight is 541 g/mol. The van der Waals surface area contributed by atoms with Gasteiger partial charge in [-0.2, -0.15) is 0 Å². The van der Waals surface area contributed by atoms with Crippen molar-refractivity contribution >= 4 is 44.5 Å². The molecule has 0 radical (unpaired) electrons. The van der Waals surface area contributed by atoms with E-state index in [1.807, 2.05) is 62.4 Å². The summed E-state index contributed by atoms with van der Waals surface area (Å²) in [6.07, 6.45) is 1.48. The Kier molecular flexibility index (Phi) is 7.91. The van der Waals surface area contributed by atoms with Gasteiger partial charge in [-0.05, 0) is 73.9 Å². The minimum atomic E-state index is -0.0917. The van der Waals surface area contributed by atoms with Gasteiger partial charge in [-0.25, -0.2) is 4.98 Å². The molecule has 0 fully saturated rings. The Morgan fingerprint density at radius 1 is 1.09 bits per heavy atom. The van der Waals surface area contributed by atoms with Gasteiger partial charge >= 0.3 is 0 Å². The molecule has 4 rings (SSSR count). The molecule has 1 amide bonds. The lowest BCUT2D eigenvalue weighted by Crippen LogP contribution is -2.26. The quantitative estimate of drug-likeness (QED) is 0.246. The summed E-state index contributed by atoms with van der Waals surface area (Å²) < 4.78 is 9.10. The van der Waals surface area contributed by atoms with Gasteiger partial charge in [0, 0.05) is 34.6 Å². The molecule has 0 aliphatic heterocycles. The minimum absolute atomic E-state index is 0.0917. The monoisotopic (exact) mass is 539 g/mol. The Morgan fingerprint density at radius 2 is 1.85 bits per heavy atom. The number of aryl methyl sites for hydroxylation is 3. The number of carbonyl (C=O) groups is 1. The number of halogens is 2. The van der Waals surface area contributed by atoms with Gasteiger partial charge < -0.3 is 14.6 Å². The molecule has 4 aromatic rings. The molecule has 0 saturated heterocycles. The summed E-state index contributed by atoms with van der Waals surface area (Å²) in [5.74, 6) is 1.70. The molecule has 0 atom stereocenters. The molecule has 0 spiro atoms. The van der Waals surface area contributed by atoms with Crippen molar-refractivity contribution in [3.05, 3.63) is 92.7 Å². The molecule has 1 N–H and O–H groups in total. The number of hydrogen-bond donors (Lipinski definition) is 1. The molecule has 34 heavy (non-hydrogen) atoms. The van der Waals surface area contributed by atoms with E-state index < -0.39 is 0 Å². The van der Waals surface area contributed by atoms with Crippen molar-refractivity contribution in [2.45, 2.75) is 33.2 Å². The Bertz CT molecular complexity index is 1300. The van der Waals surface area contributed by atoms with Crippen LogP contribution in [-0.2, 0) is 13.0 Å². The molecule has 1 heterocycles. The van der Waals surface area contributed by atoms with Gasteiger partial charge in [0.05, 0.1) is 17.6 Å². The molecule has 0 bridgehead atoms. The molecule has 5 nitrogen and oxygen atoms in total. The number of carbonyl (C=O) groups excluding carboxylic acids is 1. The third kappa shape index (κ3) is 5.80. The molecular weight excluding hydrogens is 514 g/mol. The summed E-state index contributed by atoms with van der Waals surface area (Å²) in [6, 6.07) is 19.4. The predicted molar refractivity (Wildman–Crippen MR) is 141 cm³/mol. The number of hydrogen-bond acceptors (Lipinski definition) is 3. The second kappa shape index (κ2) is 11.1. The number of ether oxygens (including phenoxy) is 1. The fourth-order valence-electron chi connectivity index (χ4n) is 3.99. The van der Waals surface area contributed by atoms with Gasteiger partial charge in [-0.3, -0.25) is 4.79 Å². The third-order valence-electron chi connectivity index (χ3n) is 5.66. The van der Waals surface area contributed by atoms with Crippen molar-refractivity contribution in [1.82, 2.24) is 14.9 Å². The number of rotatable bonds is 9. The number of imidazole rings is 1. The van der Waals surface area contributed by atoms with E-state index in [1.165, 1.54) is 0 Å². The van der Waals surface area contributed by atoms with Crippen molar-refractivity contribution in [2.24, 2.45) is 0 Å². The van der Waals surface area contributed by atoms with Crippen molar-refractivity contribution in [3.63, 3.8) is 0 Å². The first-order chi connectivity index (χ1) is 16.4. The van der Waals surface area contributed by atoms with Crippen molar-refractivity contribution < 1.29 is 9.53 Å². The summed E-state index contributed by atoms with van der Waals surface area (Å²) in [6.45, 7) is 5.85. The lowest BCUT2D eigenvalue weighted by molar-refractivity contribution is 0.0954. The first-order valence-corrected chi connectivity index (χ1v) is 12.5. The van der Waals surface area contributed by atoms with Gasteiger partial charge in [0.25, 0.3) is 5.91 Å². The number of nitrogens with zero attached hydrogens (tertiary/aromatic N) is 2. The number of benzene rings is 3. The SMILES string of the molecule is Cc1cc(OCCCn2c(CCNC(=O)c3cccc(Br)c3)nc3ccccc32)cc(C)c1Cl. The van der Waals surface area contributed by atoms with Crippen LogP contribution in [0.3, 0.4) is 0 Å². The zero-order valence-electron chi connectivity index (χ0n) is 19.3. The highest BCUT2D eigenvalue weighted by atomic mass is 79.9. The highest BCUT2D eigenvalue weighted by Crippen LogP contribution is 2.26. The van der Waals surface area contributed by atoms with Crippen LogP contribution in [0.1, 0.15) is 33.7 Å². The van der Waals surface area contributed by atoms with E-state index in [0.29, 0.717) is 25.1 Å². The molecule has 0 unspecified atom stereocenters. The molecular formula is C27H27BrClN3O2. The van der Waals surface area contributed by atoms with Crippen LogP contribution in [0, 0.1) is 13.8 Å². The summed E-state index contributed by atoms with van der Waals surface area (Å²) in [4.78, 5) is 17.3. The fraction of sp³-hybridized carbons (Fsp3) is 0.259. The fourth-order valence-corrected chi connectivity index (χ4v) is 4.50. The first-order valence-electron chi connectivity index (χ1n) is 11.3. The zero-order chi connectivity index (χ0) is 24.1. The highest BCUT2D eigenvalue weighted by molar-refractivity contribution is 9.10. The molecule has 0 aliphatic rings. The van der Waals surface area contributed by atoms with Gasteiger partial charge in [-0.1, -0.05) is 45.7 Å². The lowest BCUT2D eigenvalue weighted by Gasteiger charge is -2.12. The van der Waals surface area contributed by atoms with Crippen LogP contribution in [-0.4, -0.2) is 28.6 Å². The molecule has 0 aliphatic carbocycles. The van der Waals surface area contributed by atoms with Crippen molar-refractivity contribution in [3.8, 4) is 5.75 Å². The first kappa shape index (κ1) is 24.3. The molecule has 0 saturated carbocycles. The predicted octanol–water partition coefficient (Wildman–Crippen LogP) is 6.51. The van der Waals surface area contributed by atoms with E-state index in [-0.39, 0.29) is 5.91 Å². The van der Waals surface area contributed by atoms with E-state index in [0.717, 1.165) is 56.2 Å². The maximum atomic E-state index is 12.5. The van der Waals surface area contributed by atoms with Crippen LogP contribution in [0.5, 0.6) is 5.75 Å². The number of para-hydroxylation sites is 2. The standard InChI is InChI=1S/C27H27BrClN3O2/c1-18-15-22(16-19(2)26(18)29)34-14-6-13-32-24-10-4-3-9-23(24)31-25(32)11-12-30-27(33)20-7-5-8-21(28)17-20/h3-5,7-10,15-17H,6,11-14H2,1-2H3,(H,30,33). The van der Waals surface area contributed by atoms with Crippen molar-refractivity contribution in [1.29, 1.82) is 0 Å². The smallest absolute Gasteiger partial charge is 0.251 e. The summed E-state index contributed by atoms with van der Waals surface area (Å²) >= 11 is 9.67. The minimum Gasteiger partial charge on any atom is -0.494 e. The van der Waals surface area contributed by atoms with Crippen LogP contribution in [0.2, 0.25) is 5.02 Å². The number of aromatic nitrogens is 2. The Morgan fingerprint density at radius 3 is 2.62 bits per heavy atom. The van der Waals surface area contributed by atoms with E-state index in [1.54, 1.807) is 6.07 Å². The Labute approximate surface area is 213 Å². The molecule has 176 valence electrons.